The highest BCUT2D eigenvalue weighted by Gasteiger charge is 2.12. The molecule has 0 amide bonds. The lowest BCUT2D eigenvalue weighted by Gasteiger charge is -2.22. The summed E-state index contributed by atoms with van der Waals surface area (Å²) in [6, 6.07) is 1.50. The first-order valence-electron chi connectivity index (χ1n) is 7.82. The number of hydrogen-bond donors (Lipinski definition) is 3. The SMILES string of the molecule is CC(C)c1nc(NCCCOC2CCNCC2)cc(=O)[nH]1. The molecule has 1 aliphatic heterocycles. The van der Waals surface area contributed by atoms with Crippen LogP contribution in [0.15, 0.2) is 10.9 Å². The predicted octanol–water partition coefficient (Wildman–Crippen LogP) is 1.46. The molecule has 2 rings (SSSR count). The van der Waals surface area contributed by atoms with E-state index in [1.807, 2.05) is 13.8 Å². The molecular formula is C15H26N4O2. The van der Waals surface area contributed by atoms with E-state index in [-0.39, 0.29) is 11.5 Å². The average Bonchev–Trinajstić information content (AvgIpc) is 2.47. The highest BCUT2D eigenvalue weighted by atomic mass is 16.5. The van der Waals surface area contributed by atoms with Crippen molar-refractivity contribution in [2.75, 3.05) is 31.6 Å². The lowest BCUT2D eigenvalue weighted by molar-refractivity contribution is 0.0329. The van der Waals surface area contributed by atoms with Crippen LogP contribution in [0.25, 0.3) is 0 Å². The Balaban J connectivity index is 1.69. The van der Waals surface area contributed by atoms with Gasteiger partial charge >= 0.3 is 0 Å². The number of piperidine rings is 1. The van der Waals surface area contributed by atoms with Gasteiger partial charge in [-0.05, 0) is 32.4 Å². The topological polar surface area (TPSA) is 79.0 Å². The van der Waals surface area contributed by atoms with Crippen LogP contribution in [-0.2, 0) is 4.74 Å². The Morgan fingerprint density at radius 1 is 1.43 bits per heavy atom. The molecule has 0 aliphatic carbocycles. The molecule has 1 fully saturated rings. The Morgan fingerprint density at radius 2 is 2.19 bits per heavy atom. The molecule has 118 valence electrons. The normalized spacial score (nSPS) is 16.3. The summed E-state index contributed by atoms with van der Waals surface area (Å²) in [4.78, 5) is 18.7. The zero-order chi connectivity index (χ0) is 15.1. The van der Waals surface area contributed by atoms with Crippen molar-refractivity contribution in [3.8, 4) is 0 Å². The van der Waals surface area contributed by atoms with Gasteiger partial charge in [0.25, 0.3) is 5.56 Å². The lowest BCUT2D eigenvalue weighted by atomic mass is 10.1. The van der Waals surface area contributed by atoms with Crippen molar-refractivity contribution in [1.29, 1.82) is 0 Å². The largest absolute Gasteiger partial charge is 0.378 e. The zero-order valence-corrected chi connectivity index (χ0v) is 12.9. The Hall–Kier alpha value is -1.40. The van der Waals surface area contributed by atoms with Crippen molar-refractivity contribution in [3.63, 3.8) is 0 Å². The highest BCUT2D eigenvalue weighted by molar-refractivity contribution is 5.33. The number of ether oxygens (including phenoxy) is 1. The van der Waals surface area contributed by atoms with Crippen LogP contribution in [0.5, 0.6) is 0 Å². The van der Waals surface area contributed by atoms with Crippen LogP contribution in [0.1, 0.15) is 44.9 Å². The van der Waals surface area contributed by atoms with Crippen LogP contribution < -0.4 is 16.2 Å². The number of nitrogens with one attached hydrogen (secondary N) is 3. The monoisotopic (exact) mass is 294 g/mol. The van der Waals surface area contributed by atoms with Gasteiger partial charge in [0.1, 0.15) is 11.6 Å². The van der Waals surface area contributed by atoms with E-state index in [2.05, 4.69) is 20.6 Å². The highest BCUT2D eigenvalue weighted by Crippen LogP contribution is 2.10. The molecule has 1 saturated heterocycles. The Kier molecular flexibility index (Phi) is 6.20. The quantitative estimate of drug-likeness (QED) is 0.664. The number of anilines is 1. The zero-order valence-electron chi connectivity index (χ0n) is 12.9. The average molecular weight is 294 g/mol. The smallest absolute Gasteiger partial charge is 0.252 e. The fourth-order valence-electron chi connectivity index (χ4n) is 2.34. The van der Waals surface area contributed by atoms with Gasteiger partial charge in [-0.15, -0.1) is 0 Å². The van der Waals surface area contributed by atoms with Gasteiger partial charge in [-0.3, -0.25) is 4.79 Å². The van der Waals surface area contributed by atoms with Crippen LogP contribution in [0, 0.1) is 0 Å². The molecule has 1 aromatic heterocycles. The molecule has 2 heterocycles. The second kappa shape index (κ2) is 8.14. The summed E-state index contributed by atoms with van der Waals surface area (Å²) in [5, 5.41) is 6.52. The summed E-state index contributed by atoms with van der Waals surface area (Å²) in [6.07, 6.45) is 3.51. The van der Waals surface area contributed by atoms with Gasteiger partial charge in [-0.25, -0.2) is 4.98 Å². The fourth-order valence-corrected chi connectivity index (χ4v) is 2.34. The third-order valence-electron chi connectivity index (χ3n) is 3.57. The standard InChI is InChI=1S/C15H26N4O2/c1-11(2)15-18-13(10-14(20)19-15)17-6-3-9-21-12-4-7-16-8-5-12/h10-12,16H,3-9H2,1-2H3,(H2,17,18,19,20). The van der Waals surface area contributed by atoms with Crippen molar-refractivity contribution in [2.24, 2.45) is 0 Å². The Morgan fingerprint density at radius 3 is 2.90 bits per heavy atom. The molecule has 1 aromatic rings. The molecule has 6 heteroatoms. The maximum atomic E-state index is 11.5. The maximum Gasteiger partial charge on any atom is 0.252 e. The Bertz CT molecular complexity index is 481. The molecule has 6 nitrogen and oxygen atoms in total. The van der Waals surface area contributed by atoms with Crippen LogP contribution in [0.2, 0.25) is 0 Å². The molecule has 0 unspecified atom stereocenters. The number of aromatic amines is 1. The molecule has 0 spiro atoms. The summed E-state index contributed by atoms with van der Waals surface area (Å²) in [7, 11) is 0. The van der Waals surface area contributed by atoms with Crippen molar-refractivity contribution in [2.45, 2.75) is 45.1 Å². The molecule has 0 aromatic carbocycles. The van der Waals surface area contributed by atoms with E-state index in [1.165, 1.54) is 6.07 Å². The van der Waals surface area contributed by atoms with Gasteiger partial charge < -0.3 is 20.4 Å². The molecule has 21 heavy (non-hydrogen) atoms. The lowest BCUT2D eigenvalue weighted by Crippen LogP contribution is -2.32. The minimum atomic E-state index is -0.109. The van der Waals surface area contributed by atoms with Crippen LogP contribution in [-0.4, -0.2) is 42.3 Å². The Labute approximate surface area is 125 Å². The molecule has 0 bridgehead atoms. The van der Waals surface area contributed by atoms with Crippen LogP contribution in [0.3, 0.4) is 0 Å². The van der Waals surface area contributed by atoms with E-state index in [0.717, 1.165) is 51.3 Å². The minimum absolute atomic E-state index is 0.109. The van der Waals surface area contributed by atoms with Crippen molar-refractivity contribution in [1.82, 2.24) is 15.3 Å². The van der Waals surface area contributed by atoms with Crippen molar-refractivity contribution >= 4 is 5.82 Å². The number of rotatable bonds is 7. The molecular weight excluding hydrogens is 268 g/mol. The van der Waals surface area contributed by atoms with Crippen molar-refractivity contribution in [3.05, 3.63) is 22.2 Å². The molecule has 3 N–H and O–H groups in total. The number of aromatic nitrogens is 2. The minimum Gasteiger partial charge on any atom is -0.378 e. The van der Waals surface area contributed by atoms with E-state index in [9.17, 15) is 4.79 Å². The molecule has 1 aliphatic rings. The van der Waals surface area contributed by atoms with E-state index in [4.69, 9.17) is 4.74 Å². The van der Waals surface area contributed by atoms with Crippen LogP contribution in [0.4, 0.5) is 5.82 Å². The first-order valence-corrected chi connectivity index (χ1v) is 7.82. The van der Waals surface area contributed by atoms with E-state index < -0.39 is 0 Å². The fraction of sp³-hybridized carbons (Fsp3) is 0.733. The van der Waals surface area contributed by atoms with Crippen LogP contribution >= 0.6 is 0 Å². The van der Waals surface area contributed by atoms with Crippen molar-refractivity contribution < 1.29 is 4.74 Å². The molecule has 0 radical (unpaired) electrons. The molecule has 0 atom stereocenters. The van der Waals surface area contributed by atoms with Gasteiger partial charge in [0, 0.05) is 25.1 Å². The van der Waals surface area contributed by atoms with Gasteiger partial charge in [0.15, 0.2) is 0 Å². The number of hydrogen-bond acceptors (Lipinski definition) is 5. The third kappa shape index (κ3) is 5.47. The predicted molar refractivity (Wildman–Crippen MR) is 83.9 cm³/mol. The first-order chi connectivity index (χ1) is 10.1. The number of nitrogens with zero attached hydrogens (tertiary/aromatic N) is 1. The summed E-state index contributed by atoms with van der Waals surface area (Å²) in [5.41, 5.74) is -0.109. The van der Waals surface area contributed by atoms with E-state index in [0.29, 0.717) is 11.9 Å². The second-order valence-corrected chi connectivity index (χ2v) is 5.77. The van der Waals surface area contributed by atoms with Gasteiger partial charge in [0.05, 0.1) is 6.10 Å². The maximum absolute atomic E-state index is 11.5. The summed E-state index contributed by atoms with van der Waals surface area (Å²) in [5.74, 6) is 1.57. The second-order valence-electron chi connectivity index (χ2n) is 5.77. The summed E-state index contributed by atoms with van der Waals surface area (Å²) >= 11 is 0. The van der Waals surface area contributed by atoms with Gasteiger partial charge in [-0.2, -0.15) is 0 Å². The van der Waals surface area contributed by atoms with Gasteiger partial charge in [0.2, 0.25) is 0 Å². The van der Waals surface area contributed by atoms with Gasteiger partial charge in [-0.1, -0.05) is 13.8 Å². The summed E-state index contributed by atoms with van der Waals surface area (Å²) in [6.45, 7) is 7.63. The third-order valence-corrected chi connectivity index (χ3v) is 3.57. The number of H-pyrrole nitrogens is 1. The van der Waals surface area contributed by atoms with E-state index >= 15 is 0 Å². The first kappa shape index (κ1) is 16.0. The van der Waals surface area contributed by atoms with E-state index in [1.54, 1.807) is 0 Å². The summed E-state index contributed by atoms with van der Waals surface area (Å²) < 4.78 is 5.84. The molecule has 0 saturated carbocycles.